The molecule has 0 amide bonds. The average molecular weight is 293 g/mol. The van der Waals surface area contributed by atoms with Crippen molar-refractivity contribution in [2.24, 2.45) is 5.73 Å². The summed E-state index contributed by atoms with van der Waals surface area (Å²) in [5.41, 5.74) is 6.53. The highest BCUT2D eigenvalue weighted by molar-refractivity contribution is 6.48. The highest BCUT2D eigenvalue weighted by atomic mass is 27.3. The molecular weight excluding hydrogens is 283 g/mol. The van der Waals surface area contributed by atoms with Crippen LogP contribution in [0.4, 0.5) is 0 Å². The van der Waals surface area contributed by atoms with Gasteiger partial charge in [-0.1, -0.05) is 12.1 Å². The van der Waals surface area contributed by atoms with Crippen molar-refractivity contribution in [2.75, 3.05) is 0 Å². The van der Waals surface area contributed by atoms with E-state index >= 15 is 0 Å². The Hall–Kier alpha value is -0.0326. The Labute approximate surface area is 127 Å². The number of benzene rings is 1. The van der Waals surface area contributed by atoms with E-state index in [2.05, 4.69) is 0 Å². The van der Waals surface area contributed by atoms with Crippen molar-refractivity contribution < 1.29 is 19.4 Å². The van der Waals surface area contributed by atoms with Gasteiger partial charge in [0.1, 0.15) is 11.8 Å². The van der Waals surface area contributed by atoms with E-state index < -0.39 is 27.2 Å². The van der Waals surface area contributed by atoms with Crippen molar-refractivity contribution in [1.82, 2.24) is 0 Å². The Morgan fingerprint density at radius 2 is 1.89 bits per heavy atom. The first-order valence-electron chi connectivity index (χ1n) is 5.02. The molecule has 0 aliphatic heterocycles. The molecule has 1 aromatic carbocycles. The first kappa shape index (κ1) is 16.0. The first-order chi connectivity index (χ1) is 8.56. The lowest BCUT2D eigenvalue weighted by Crippen LogP contribution is -2.39. The van der Waals surface area contributed by atoms with Crippen molar-refractivity contribution >= 4 is 54.4 Å². The van der Waals surface area contributed by atoms with Crippen LogP contribution in [0.3, 0.4) is 0 Å². The molecule has 9 heteroatoms. The molecule has 1 unspecified atom stereocenters. The topological polar surface area (TPSA) is 91.0 Å². The van der Waals surface area contributed by atoms with Crippen molar-refractivity contribution in [2.45, 2.75) is 12.5 Å². The summed E-state index contributed by atoms with van der Waals surface area (Å²) < 4.78 is 14.5. The standard InChI is InChI=1S/C9H11NO3.3Al.2O/c10-8(9(12)13)5-6-1-3-7(11)4-2-6;;;;;/h1-4,8,11H,5,10H2,(H,12,13);;;;;/q;;;+1;;/p-1. The van der Waals surface area contributed by atoms with Crippen molar-refractivity contribution in [3.8, 4) is 5.75 Å². The van der Waals surface area contributed by atoms with E-state index in [-0.39, 0.29) is 5.75 Å². The SMILES string of the molecule is NC(Cc1ccc(O)cc1)C(=O)[O][Al]([O][Al])[O][Al]. The van der Waals surface area contributed by atoms with E-state index in [1.165, 1.54) is 12.1 Å². The molecular formula is C9H10Al3NO5. The average Bonchev–Trinajstić information content (AvgIpc) is 2.38. The highest BCUT2D eigenvalue weighted by Crippen LogP contribution is 2.11. The zero-order valence-electron chi connectivity index (χ0n) is 9.48. The summed E-state index contributed by atoms with van der Waals surface area (Å²) in [7, 11) is 0. The number of phenols is 1. The summed E-state index contributed by atoms with van der Waals surface area (Å²) in [5, 5.41) is 9.13. The summed E-state index contributed by atoms with van der Waals surface area (Å²) in [6.07, 6.45) is 0.313. The lowest BCUT2D eigenvalue weighted by molar-refractivity contribution is -0.138. The molecule has 90 valence electrons. The van der Waals surface area contributed by atoms with Gasteiger partial charge in [0.05, 0.1) is 0 Å². The van der Waals surface area contributed by atoms with Gasteiger partial charge in [0.2, 0.25) is 0 Å². The number of carbonyl (C=O) groups is 1. The minimum atomic E-state index is -2.47. The summed E-state index contributed by atoms with van der Waals surface area (Å²) in [6.45, 7) is 0. The third-order valence-corrected chi connectivity index (χ3v) is 4.33. The Morgan fingerprint density at radius 3 is 2.39 bits per heavy atom. The molecule has 0 aliphatic rings. The number of rotatable bonds is 6. The zero-order valence-corrected chi connectivity index (χ0v) is 12.9. The molecule has 0 saturated carbocycles. The second-order valence-corrected chi connectivity index (χ2v) is 6.47. The van der Waals surface area contributed by atoms with Crippen LogP contribution in [0.2, 0.25) is 0 Å². The minimum Gasteiger partial charge on any atom is -0.592 e. The van der Waals surface area contributed by atoms with E-state index in [4.69, 9.17) is 20.3 Å². The molecule has 1 atom stereocenters. The molecule has 0 heterocycles. The van der Waals surface area contributed by atoms with E-state index in [0.29, 0.717) is 6.42 Å². The summed E-state index contributed by atoms with van der Waals surface area (Å²) in [5.74, 6) is -0.417. The van der Waals surface area contributed by atoms with Gasteiger partial charge in [0.15, 0.2) is 0 Å². The lowest BCUT2D eigenvalue weighted by atomic mass is 10.1. The fourth-order valence-electron chi connectivity index (χ4n) is 1.24. The monoisotopic (exact) mass is 293 g/mol. The van der Waals surface area contributed by atoms with E-state index in [0.717, 1.165) is 5.56 Å². The Balaban J connectivity index is 2.51. The molecule has 4 radical (unpaired) electrons. The smallest absolute Gasteiger partial charge is 0.592 e. The third-order valence-electron chi connectivity index (χ3n) is 2.13. The Bertz CT molecular complexity index is 384. The second kappa shape index (κ2) is 8.20. The van der Waals surface area contributed by atoms with E-state index in [1.54, 1.807) is 12.1 Å². The van der Waals surface area contributed by atoms with Crippen molar-refractivity contribution in [3.05, 3.63) is 29.8 Å². The molecule has 1 rings (SSSR count). The van der Waals surface area contributed by atoms with Crippen LogP contribution >= 0.6 is 0 Å². The maximum absolute atomic E-state index is 11.6. The van der Waals surface area contributed by atoms with E-state index in [1.807, 2.05) is 33.2 Å². The molecule has 6 nitrogen and oxygen atoms in total. The molecule has 0 fully saturated rings. The largest absolute Gasteiger partial charge is 0.938 e. The highest BCUT2D eigenvalue weighted by Gasteiger charge is 2.31. The number of nitrogens with two attached hydrogens (primary N) is 1. The summed E-state index contributed by atoms with van der Waals surface area (Å²) >= 11 is 1.50. The quantitative estimate of drug-likeness (QED) is 0.653. The van der Waals surface area contributed by atoms with Gasteiger partial charge in [-0.3, -0.25) is 4.79 Å². The van der Waals surface area contributed by atoms with Crippen LogP contribution in [-0.2, 0) is 20.7 Å². The maximum Gasteiger partial charge on any atom is 0.938 e. The predicted molar refractivity (Wildman–Crippen MR) is 65.3 cm³/mol. The van der Waals surface area contributed by atoms with Gasteiger partial charge in [-0.25, -0.2) is 0 Å². The molecule has 0 saturated heterocycles. The number of aromatic hydroxyl groups is 1. The molecule has 0 bridgehead atoms. The van der Waals surface area contributed by atoms with Crippen LogP contribution < -0.4 is 5.73 Å². The van der Waals surface area contributed by atoms with Crippen LogP contribution in [0.15, 0.2) is 24.3 Å². The Kier molecular flexibility index (Phi) is 7.30. The molecule has 3 N–H and O–H groups in total. The number of phenolic OH excluding ortho intramolecular Hbond substituents is 1. The number of carbonyl (C=O) groups excluding carboxylic acids is 1. The zero-order chi connectivity index (χ0) is 13.5. The first-order valence-corrected chi connectivity index (χ1v) is 7.37. The maximum atomic E-state index is 11.6. The van der Waals surface area contributed by atoms with Crippen molar-refractivity contribution in [3.63, 3.8) is 0 Å². The van der Waals surface area contributed by atoms with Gasteiger partial charge in [-0.2, -0.15) is 0 Å². The molecule has 18 heavy (non-hydrogen) atoms. The predicted octanol–water partition coefficient (Wildman–Crippen LogP) is -1.01. The van der Waals surface area contributed by atoms with Crippen LogP contribution in [0.25, 0.3) is 0 Å². The minimum absolute atomic E-state index is 0.162. The molecule has 1 aromatic rings. The lowest BCUT2D eigenvalue weighted by Gasteiger charge is -2.15. The molecule has 0 aliphatic carbocycles. The van der Waals surface area contributed by atoms with Crippen LogP contribution in [0.1, 0.15) is 5.56 Å². The van der Waals surface area contributed by atoms with Crippen LogP contribution in [-0.4, -0.2) is 65.5 Å². The van der Waals surface area contributed by atoms with Crippen molar-refractivity contribution in [1.29, 1.82) is 0 Å². The fourth-order valence-corrected chi connectivity index (χ4v) is 2.88. The third kappa shape index (κ3) is 5.30. The van der Waals surface area contributed by atoms with Gasteiger partial charge in [0, 0.05) is 0 Å². The van der Waals surface area contributed by atoms with Crippen LogP contribution in [0.5, 0.6) is 5.75 Å². The van der Waals surface area contributed by atoms with Gasteiger partial charge in [-0.15, -0.1) is 0 Å². The Morgan fingerprint density at radius 1 is 1.33 bits per heavy atom. The van der Waals surface area contributed by atoms with E-state index in [9.17, 15) is 4.79 Å². The van der Waals surface area contributed by atoms with Gasteiger partial charge in [0.25, 0.3) is 5.97 Å². The number of hydrogen-bond donors (Lipinski definition) is 2. The van der Waals surface area contributed by atoms with Crippen LogP contribution in [0, 0.1) is 0 Å². The normalized spacial score (nSPS) is 11.8. The van der Waals surface area contributed by atoms with Gasteiger partial charge in [-0.05, 0) is 24.1 Å². The summed E-state index contributed by atoms with van der Waals surface area (Å²) in [4.78, 5) is 11.6. The molecule has 0 spiro atoms. The fraction of sp³-hybridized carbons (Fsp3) is 0.222. The molecule has 0 aromatic heterocycles. The second-order valence-electron chi connectivity index (χ2n) is 3.47. The van der Waals surface area contributed by atoms with Gasteiger partial charge < -0.3 is 20.3 Å². The summed E-state index contributed by atoms with van der Waals surface area (Å²) in [6, 6.07) is 5.64. The van der Waals surface area contributed by atoms with Gasteiger partial charge >= 0.3 is 48.4 Å². The number of hydrogen-bond acceptors (Lipinski definition) is 6.